The Morgan fingerprint density at radius 3 is 2.47 bits per heavy atom. The summed E-state index contributed by atoms with van der Waals surface area (Å²) in [6, 6.07) is 6.40. The van der Waals surface area contributed by atoms with E-state index in [9.17, 15) is 13.2 Å². The molecule has 0 heterocycles. The second-order valence-electron chi connectivity index (χ2n) is 4.03. The minimum atomic E-state index is -3.72. The molecular formula is C12H17NO5S. The second-order valence-corrected chi connectivity index (χ2v) is 5.64. The fraction of sp³-hybridized carbons (Fsp3) is 0.417. The fourth-order valence-electron chi connectivity index (χ4n) is 1.36. The van der Waals surface area contributed by atoms with Crippen LogP contribution in [-0.4, -0.2) is 32.8 Å². The van der Waals surface area contributed by atoms with Crippen LogP contribution in [0.15, 0.2) is 29.2 Å². The summed E-state index contributed by atoms with van der Waals surface area (Å²) in [4.78, 5) is 10.3. The summed E-state index contributed by atoms with van der Waals surface area (Å²) in [5.41, 5.74) is 0.971. The number of amides is 1. The minimum absolute atomic E-state index is 0.0392. The van der Waals surface area contributed by atoms with Gasteiger partial charge in [-0.15, -0.1) is 0 Å². The van der Waals surface area contributed by atoms with Gasteiger partial charge in [-0.1, -0.05) is 17.7 Å². The normalized spacial score (nSPS) is 11.2. The third-order valence-electron chi connectivity index (χ3n) is 2.40. The van der Waals surface area contributed by atoms with Gasteiger partial charge in [0.2, 0.25) is 0 Å². The summed E-state index contributed by atoms with van der Waals surface area (Å²) in [6.45, 7) is 2.19. The van der Waals surface area contributed by atoms with Crippen molar-refractivity contribution in [3.8, 4) is 0 Å². The van der Waals surface area contributed by atoms with Gasteiger partial charge < -0.3 is 10.4 Å². The third kappa shape index (κ3) is 5.71. The second kappa shape index (κ2) is 7.10. The number of unbranched alkanes of at least 4 members (excludes halogenated alkanes) is 1. The van der Waals surface area contributed by atoms with Crippen molar-refractivity contribution in [3.05, 3.63) is 29.8 Å². The van der Waals surface area contributed by atoms with Crippen LogP contribution in [0.25, 0.3) is 0 Å². The summed E-state index contributed by atoms with van der Waals surface area (Å²) in [6.07, 6.45) is -0.102. The lowest BCUT2D eigenvalue weighted by Gasteiger charge is -2.06. The number of hydrogen-bond acceptors (Lipinski definition) is 4. The molecule has 0 saturated carbocycles. The summed E-state index contributed by atoms with van der Waals surface area (Å²) in [7, 11) is -3.72. The standard InChI is InChI=1S/C12H17NO5S/c1-10-4-6-11(7-5-10)19(16,17)18-9-3-2-8-13-12(14)15/h4-7,13H,2-3,8-9H2,1H3,(H,14,15). The van der Waals surface area contributed by atoms with Crippen molar-refractivity contribution in [1.29, 1.82) is 0 Å². The maximum absolute atomic E-state index is 11.8. The van der Waals surface area contributed by atoms with Crippen molar-refractivity contribution in [2.24, 2.45) is 0 Å². The Balaban J connectivity index is 2.35. The number of nitrogens with one attached hydrogen (secondary N) is 1. The first-order valence-electron chi connectivity index (χ1n) is 5.85. The Morgan fingerprint density at radius 1 is 1.26 bits per heavy atom. The van der Waals surface area contributed by atoms with Crippen LogP contribution < -0.4 is 5.32 Å². The molecule has 0 aliphatic heterocycles. The van der Waals surface area contributed by atoms with Gasteiger partial charge in [0.25, 0.3) is 10.1 Å². The first-order chi connectivity index (χ1) is 8.92. The Morgan fingerprint density at radius 2 is 1.89 bits per heavy atom. The predicted molar refractivity (Wildman–Crippen MR) is 69.6 cm³/mol. The monoisotopic (exact) mass is 287 g/mol. The van der Waals surface area contributed by atoms with E-state index in [1.54, 1.807) is 12.1 Å². The highest BCUT2D eigenvalue weighted by Crippen LogP contribution is 2.13. The average molecular weight is 287 g/mol. The van der Waals surface area contributed by atoms with Gasteiger partial charge in [-0.05, 0) is 31.9 Å². The lowest BCUT2D eigenvalue weighted by molar-refractivity contribution is 0.194. The predicted octanol–water partition coefficient (Wildman–Crippen LogP) is 1.75. The molecule has 106 valence electrons. The Hall–Kier alpha value is -1.60. The number of carboxylic acid groups (broad SMARTS) is 1. The lowest BCUT2D eigenvalue weighted by atomic mass is 10.2. The first-order valence-corrected chi connectivity index (χ1v) is 7.25. The van der Waals surface area contributed by atoms with Crippen LogP contribution in [0.1, 0.15) is 18.4 Å². The summed E-state index contributed by atoms with van der Waals surface area (Å²) < 4.78 is 28.4. The van der Waals surface area contributed by atoms with E-state index in [1.807, 2.05) is 6.92 Å². The lowest BCUT2D eigenvalue weighted by Crippen LogP contribution is -2.22. The van der Waals surface area contributed by atoms with E-state index in [0.717, 1.165) is 5.56 Å². The van der Waals surface area contributed by atoms with Crippen molar-refractivity contribution in [1.82, 2.24) is 5.32 Å². The van der Waals surface area contributed by atoms with E-state index in [2.05, 4.69) is 5.32 Å². The highest BCUT2D eigenvalue weighted by atomic mass is 32.2. The van der Waals surface area contributed by atoms with Gasteiger partial charge >= 0.3 is 6.09 Å². The van der Waals surface area contributed by atoms with E-state index >= 15 is 0 Å². The molecule has 2 N–H and O–H groups in total. The topological polar surface area (TPSA) is 92.7 Å². The average Bonchev–Trinajstić information content (AvgIpc) is 2.34. The fourth-order valence-corrected chi connectivity index (χ4v) is 2.31. The molecule has 1 aromatic carbocycles. The van der Waals surface area contributed by atoms with Crippen LogP contribution in [0.4, 0.5) is 4.79 Å². The Bertz CT molecular complexity index is 509. The third-order valence-corrected chi connectivity index (χ3v) is 3.72. The van der Waals surface area contributed by atoms with E-state index in [4.69, 9.17) is 9.29 Å². The van der Waals surface area contributed by atoms with Crippen LogP contribution in [0.5, 0.6) is 0 Å². The van der Waals surface area contributed by atoms with Gasteiger partial charge in [0.1, 0.15) is 0 Å². The summed E-state index contributed by atoms with van der Waals surface area (Å²) >= 11 is 0. The van der Waals surface area contributed by atoms with Gasteiger partial charge in [-0.25, -0.2) is 4.79 Å². The van der Waals surface area contributed by atoms with Crippen LogP contribution in [0, 0.1) is 6.92 Å². The molecule has 0 atom stereocenters. The molecule has 6 nitrogen and oxygen atoms in total. The van der Waals surface area contributed by atoms with Crippen molar-refractivity contribution in [2.75, 3.05) is 13.2 Å². The molecule has 19 heavy (non-hydrogen) atoms. The van der Waals surface area contributed by atoms with Crippen LogP contribution in [0.3, 0.4) is 0 Å². The highest BCUT2D eigenvalue weighted by molar-refractivity contribution is 7.86. The molecule has 0 radical (unpaired) electrons. The quantitative estimate of drug-likeness (QED) is 0.588. The van der Waals surface area contributed by atoms with Gasteiger partial charge in [0.05, 0.1) is 11.5 Å². The van der Waals surface area contributed by atoms with Crippen LogP contribution >= 0.6 is 0 Å². The zero-order chi connectivity index (χ0) is 14.3. The number of aryl methyl sites for hydroxylation is 1. The van der Waals surface area contributed by atoms with E-state index < -0.39 is 16.2 Å². The van der Waals surface area contributed by atoms with Gasteiger partial charge in [-0.2, -0.15) is 8.42 Å². The molecule has 0 saturated heterocycles. The van der Waals surface area contributed by atoms with E-state index in [0.29, 0.717) is 12.8 Å². The molecule has 0 aromatic heterocycles. The molecular weight excluding hydrogens is 270 g/mol. The molecule has 7 heteroatoms. The number of benzene rings is 1. The van der Waals surface area contributed by atoms with Gasteiger partial charge in [0, 0.05) is 6.54 Å². The molecule has 0 spiro atoms. The van der Waals surface area contributed by atoms with Crippen LogP contribution in [0.2, 0.25) is 0 Å². The Labute approximate surface area is 112 Å². The van der Waals surface area contributed by atoms with Crippen molar-refractivity contribution in [3.63, 3.8) is 0 Å². The number of hydrogen-bond donors (Lipinski definition) is 2. The van der Waals surface area contributed by atoms with Crippen molar-refractivity contribution >= 4 is 16.2 Å². The maximum atomic E-state index is 11.8. The molecule has 1 rings (SSSR count). The van der Waals surface area contributed by atoms with Crippen molar-refractivity contribution < 1.29 is 22.5 Å². The molecule has 0 aliphatic carbocycles. The number of rotatable bonds is 7. The molecule has 0 bridgehead atoms. The first kappa shape index (κ1) is 15.5. The van der Waals surface area contributed by atoms with Gasteiger partial charge in [0.15, 0.2) is 0 Å². The minimum Gasteiger partial charge on any atom is -0.465 e. The zero-order valence-electron chi connectivity index (χ0n) is 10.6. The zero-order valence-corrected chi connectivity index (χ0v) is 11.4. The smallest absolute Gasteiger partial charge is 0.404 e. The van der Waals surface area contributed by atoms with E-state index in [1.165, 1.54) is 12.1 Å². The molecule has 0 unspecified atom stereocenters. The van der Waals surface area contributed by atoms with Gasteiger partial charge in [-0.3, -0.25) is 4.18 Å². The van der Waals surface area contributed by atoms with Crippen LogP contribution in [-0.2, 0) is 14.3 Å². The SMILES string of the molecule is Cc1ccc(S(=O)(=O)OCCCCNC(=O)O)cc1. The largest absolute Gasteiger partial charge is 0.465 e. The Kier molecular flexibility index (Phi) is 5.78. The molecule has 1 aromatic rings. The summed E-state index contributed by atoms with van der Waals surface area (Å²) in [5, 5.41) is 10.5. The molecule has 1 amide bonds. The molecule has 0 aliphatic rings. The highest BCUT2D eigenvalue weighted by Gasteiger charge is 2.14. The van der Waals surface area contributed by atoms with Crippen molar-refractivity contribution in [2.45, 2.75) is 24.7 Å². The number of carbonyl (C=O) groups is 1. The molecule has 0 fully saturated rings. The maximum Gasteiger partial charge on any atom is 0.404 e. The van der Waals surface area contributed by atoms with E-state index in [-0.39, 0.29) is 18.0 Å². The summed E-state index contributed by atoms with van der Waals surface area (Å²) in [5.74, 6) is 0.